The van der Waals surface area contributed by atoms with Crippen molar-refractivity contribution < 1.29 is 9.53 Å². The Labute approximate surface area is 175 Å². The van der Waals surface area contributed by atoms with Crippen molar-refractivity contribution >= 4 is 27.6 Å². The molecule has 2 amide bonds. The molecule has 0 aromatic heterocycles. The summed E-state index contributed by atoms with van der Waals surface area (Å²) in [5.41, 5.74) is 3.05. The number of nitrogens with one attached hydrogen (secondary N) is 1. The van der Waals surface area contributed by atoms with Gasteiger partial charge in [-0.25, -0.2) is 4.79 Å². The average molecular weight is 446 g/mol. The van der Waals surface area contributed by atoms with E-state index in [9.17, 15) is 4.79 Å². The maximum Gasteiger partial charge on any atom is 0.321 e. The molecule has 28 heavy (non-hydrogen) atoms. The van der Waals surface area contributed by atoms with E-state index in [4.69, 9.17) is 4.74 Å². The summed E-state index contributed by atoms with van der Waals surface area (Å²) >= 11 is 3.54. The third-order valence-electron chi connectivity index (χ3n) is 4.86. The molecule has 2 unspecified atom stereocenters. The van der Waals surface area contributed by atoms with Crippen molar-refractivity contribution in [3.63, 3.8) is 0 Å². The summed E-state index contributed by atoms with van der Waals surface area (Å²) in [5.74, 6) is 0. The van der Waals surface area contributed by atoms with Crippen LogP contribution in [0.1, 0.15) is 25.0 Å². The van der Waals surface area contributed by atoms with E-state index in [0.717, 1.165) is 40.9 Å². The quantitative estimate of drug-likeness (QED) is 0.723. The number of morpholine rings is 1. The van der Waals surface area contributed by atoms with Gasteiger partial charge in [0.1, 0.15) is 0 Å². The lowest BCUT2D eigenvalue weighted by Gasteiger charge is -2.35. The monoisotopic (exact) mass is 445 g/mol. The summed E-state index contributed by atoms with van der Waals surface area (Å²) in [6.07, 6.45) is 0.446. The first-order valence-corrected chi connectivity index (χ1v) is 10.4. The predicted octanol–water partition coefficient (Wildman–Crippen LogP) is 4.72. The minimum atomic E-state index is -0.119. The summed E-state index contributed by atoms with van der Waals surface area (Å²) in [6.45, 7) is 7.33. The lowest BCUT2D eigenvalue weighted by atomic mass is 10.1. The Hall–Kier alpha value is -1.89. The number of benzene rings is 2. The zero-order chi connectivity index (χ0) is 20.1. The largest absolute Gasteiger partial charge is 0.373 e. The summed E-state index contributed by atoms with van der Waals surface area (Å²) in [7, 11) is 1.81. The molecule has 1 fully saturated rings. The second-order valence-corrected chi connectivity index (χ2v) is 8.34. The molecule has 1 heterocycles. The highest BCUT2D eigenvalue weighted by Gasteiger charge is 2.23. The lowest BCUT2D eigenvalue weighted by Crippen LogP contribution is -2.45. The van der Waals surface area contributed by atoms with E-state index in [1.807, 2.05) is 49.5 Å². The standard InChI is InChI=1S/C22H28BrN3O2/c1-16-12-26(13-17(2)28-16)15-19-9-5-7-11-21(19)24-22(27)25(3)14-18-8-4-6-10-20(18)23/h4-11,16-17H,12-15H2,1-3H3,(H,24,27). The fourth-order valence-corrected chi connectivity index (χ4v) is 4.01. The van der Waals surface area contributed by atoms with Gasteiger partial charge in [-0.2, -0.15) is 0 Å². The van der Waals surface area contributed by atoms with Gasteiger partial charge in [-0.15, -0.1) is 0 Å². The van der Waals surface area contributed by atoms with Crippen LogP contribution in [0.3, 0.4) is 0 Å². The second kappa shape index (κ2) is 9.54. The van der Waals surface area contributed by atoms with Crippen LogP contribution >= 0.6 is 15.9 Å². The number of ether oxygens (including phenoxy) is 1. The van der Waals surface area contributed by atoms with Crippen molar-refractivity contribution in [2.24, 2.45) is 0 Å². The van der Waals surface area contributed by atoms with Gasteiger partial charge >= 0.3 is 6.03 Å². The molecule has 2 atom stereocenters. The Kier molecular flexibility index (Phi) is 7.10. The number of rotatable bonds is 5. The number of carbonyl (C=O) groups excluding carboxylic acids is 1. The van der Waals surface area contributed by atoms with Gasteiger partial charge in [0, 0.05) is 43.4 Å². The Morgan fingerprint density at radius 3 is 2.39 bits per heavy atom. The van der Waals surface area contributed by atoms with Gasteiger partial charge in [0.2, 0.25) is 0 Å². The van der Waals surface area contributed by atoms with Crippen LogP contribution < -0.4 is 5.32 Å². The molecule has 1 N–H and O–H groups in total. The smallest absolute Gasteiger partial charge is 0.321 e. The van der Waals surface area contributed by atoms with Gasteiger partial charge in [0.05, 0.1) is 12.2 Å². The molecule has 0 radical (unpaired) electrons. The van der Waals surface area contributed by atoms with Crippen LogP contribution in [0.2, 0.25) is 0 Å². The van der Waals surface area contributed by atoms with Crippen molar-refractivity contribution in [3.05, 3.63) is 64.1 Å². The Bertz CT molecular complexity index is 804. The second-order valence-electron chi connectivity index (χ2n) is 7.49. The fourth-order valence-electron chi connectivity index (χ4n) is 3.60. The van der Waals surface area contributed by atoms with Crippen molar-refractivity contribution in [1.29, 1.82) is 0 Å². The van der Waals surface area contributed by atoms with E-state index in [1.54, 1.807) is 4.90 Å². The molecule has 0 bridgehead atoms. The molecule has 150 valence electrons. The highest BCUT2D eigenvalue weighted by Crippen LogP contribution is 2.22. The van der Waals surface area contributed by atoms with E-state index in [1.165, 1.54) is 0 Å². The first kappa shape index (κ1) is 20.8. The van der Waals surface area contributed by atoms with Crippen molar-refractivity contribution in [1.82, 2.24) is 9.80 Å². The highest BCUT2D eigenvalue weighted by atomic mass is 79.9. The van der Waals surface area contributed by atoms with Gasteiger partial charge < -0.3 is 15.0 Å². The van der Waals surface area contributed by atoms with Crippen molar-refractivity contribution in [2.75, 3.05) is 25.5 Å². The number of halogens is 1. The Balaban J connectivity index is 1.65. The van der Waals surface area contributed by atoms with E-state index in [2.05, 4.69) is 46.1 Å². The molecular formula is C22H28BrN3O2. The van der Waals surface area contributed by atoms with Gasteiger partial charge in [-0.3, -0.25) is 4.90 Å². The lowest BCUT2D eigenvalue weighted by molar-refractivity contribution is -0.0704. The number of carbonyl (C=O) groups is 1. The number of amides is 2. The molecule has 1 aliphatic heterocycles. The molecule has 0 spiro atoms. The molecule has 5 nitrogen and oxygen atoms in total. The van der Waals surface area contributed by atoms with Crippen molar-refractivity contribution in [3.8, 4) is 0 Å². The first-order valence-electron chi connectivity index (χ1n) is 9.63. The van der Waals surface area contributed by atoms with Crippen LogP contribution in [-0.2, 0) is 17.8 Å². The number of anilines is 1. The molecule has 0 aliphatic carbocycles. The van der Waals surface area contributed by atoms with Crippen LogP contribution in [0, 0.1) is 0 Å². The zero-order valence-corrected chi connectivity index (χ0v) is 18.3. The van der Waals surface area contributed by atoms with E-state index < -0.39 is 0 Å². The van der Waals surface area contributed by atoms with Gasteiger partial charge in [-0.05, 0) is 37.1 Å². The number of para-hydroxylation sites is 1. The zero-order valence-electron chi connectivity index (χ0n) is 16.7. The minimum Gasteiger partial charge on any atom is -0.373 e. The summed E-state index contributed by atoms with van der Waals surface area (Å²) < 4.78 is 6.83. The van der Waals surface area contributed by atoms with Gasteiger partial charge in [0.25, 0.3) is 0 Å². The number of hydrogen-bond acceptors (Lipinski definition) is 3. The van der Waals surface area contributed by atoms with Crippen LogP contribution in [0.15, 0.2) is 53.0 Å². The summed E-state index contributed by atoms with van der Waals surface area (Å²) in [6, 6.07) is 15.8. The molecule has 0 saturated carbocycles. The first-order chi connectivity index (χ1) is 13.4. The maximum absolute atomic E-state index is 12.7. The highest BCUT2D eigenvalue weighted by molar-refractivity contribution is 9.10. The van der Waals surface area contributed by atoms with E-state index in [-0.39, 0.29) is 18.2 Å². The third kappa shape index (κ3) is 5.56. The van der Waals surface area contributed by atoms with Crippen LogP contribution in [0.25, 0.3) is 0 Å². The topological polar surface area (TPSA) is 44.8 Å². The summed E-state index contributed by atoms with van der Waals surface area (Å²) in [4.78, 5) is 16.8. The minimum absolute atomic E-state index is 0.119. The maximum atomic E-state index is 12.7. The van der Waals surface area contributed by atoms with Crippen LogP contribution in [0.5, 0.6) is 0 Å². The molecule has 1 saturated heterocycles. The summed E-state index contributed by atoms with van der Waals surface area (Å²) in [5, 5.41) is 3.08. The molecule has 2 aromatic carbocycles. The normalized spacial score (nSPS) is 20.0. The van der Waals surface area contributed by atoms with Gasteiger partial charge in [0.15, 0.2) is 0 Å². The number of nitrogens with zero attached hydrogens (tertiary/aromatic N) is 2. The number of hydrogen-bond donors (Lipinski definition) is 1. The molecular weight excluding hydrogens is 418 g/mol. The molecule has 3 rings (SSSR count). The SMILES string of the molecule is CC1CN(Cc2ccccc2NC(=O)N(C)Cc2ccccc2Br)CC(C)O1. The third-order valence-corrected chi connectivity index (χ3v) is 5.63. The number of urea groups is 1. The van der Waals surface area contributed by atoms with Crippen LogP contribution in [-0.4, -0.2) is 48.2 Å². The average Bonchev–Trinajstić information content (AvgIpc) is 2.64. The molecule has 1 aliphatic rings. The van der Waals surface area contributed by atoms with Crippen molar-refractivity contribution in [2.45, 2.75) is 39.1 Å². The Morgan fingerprint density at radius 1 is 1.11 bits per heavy atom. The fraction of sp³-hybridized carbons (Fsp3) is 0.409. The Morgan fingerprint density at radius 2 is 1.71 bits per heavy atom. The van der Waals surface area contributed by atoms with E-state index in [0.29, 0.717) is 6.54 Å². The van der Waals surface area contributed by atoms with E-state index >= 15 is 0 Å². The predicted molar refractivity (Wildman–Crippen MR) is 116 cm³/mol. The van der Waals surface area contributed by atoms with Gasteiger partial charge in [-0.1, -0.05) is 52.3 Å². The molecule has 2 aromatic rings. The molecule has 6 heteroatoms. The van der Waals surface area contributed by atoms with Crippen LogP contribution in [0.4, 0.5) is 10.5 Å².